The summed E-state index contributed by atoms with van der Waals surface area (Å²) in [4.78, 5) is 36.6. The number of amides is 2. The summed E-state index contributed by atoms with van der Waals surface area (Å²) in [5.74, 6) is -0.0392. The maximum absolute atomic E-state index is 13.0. The quantitative estimate of drug-likeness (QED) is 0.651. The van der Waals surface area contributed by atoms with E-state index in [-0.39, 0.29) is 37.2 Å². The Balaban J connectivity index is 2.17. The van der Waals surface area contributed by atoms with Gasteiger partial charge in [0.1, 0.15) is 24.0 Å². The number of hydrogen-bond acceptors (Lipinski definition) is 8. The second kappa shape index (κ2) is 14.2. The van der Waals surface area contributed by atoms with Gasteiger partial charge in [0.2, 0.25) is 5.91 Å². The van der Waals surface area contributed by atoms with Crippen LogP contribution in [-0.4, -0.2) is 106 Å². The highest BCUT2D eigenvalue weighted by Gasteiger charge is 2.30. The highest BCUT2D eigenvalue weighted by Crippen LogP contribution is 2.13. The Morgan fingerprint density at radius 2 is 1.94 bits per heavy atom. The molecular weight excluding hydrogens is 428 g/mol. The van der Waals surface area contributed by atoms with Gasteiger partial charge in [-0.05, 0) is 25.2 Å². The molecule has 2 rings (SSSR count). The van der Waals surface area contributed by atoms with Crippen molar-refractivity contribution in [3.8, 4) is 0 Å². The minimum Gasteiger partial charge on any atom is -0.388 e. The highest BCUT2D eigenvalue weighted by molar-refractivity contribution is 5.92. The third-order valence-corrected chi connectivity index (χ3v) is 5.61. The van der Waals surface area contributed by atoms with Gasteiger partial charge in [0.25, 0.3) is 5.91 Å². The summed E-state index contributed by atoms with van der Waals surface area (Å²) in [6.45, 7) is 7.48. The first kappa shape index (κ1) is 27.1. The van der Waals surface area contributed by atoms with Crippen molar-refractivity contribution >= 4 is 11.8 Å². The van der Waals surface area contributed by atoms with Crippen LogP contribution in [-0.2, 0) is 14.3 Å². The minimum atomic E-state index is -1.21. The van der Waals surface area contributed by atoms with Crippen LogP contribution in [0.25, 0.3) is 0 Å². The third kappa shape index (κ3) is 9.32. The normalized spacial score (nSPS) is 23.9. The molecule has 0 saturated carbocycles. The zero-order valence-electron chi connectivity index (χ0n) is 19.9. The summed E-state index contributed by atoms with van der Waals surface area (Å²) < 4.78 is 11.4. The summed E-state index contributed by atoms with van der Waals surface area (Å²) in [5.41, 5.74) is 0.248. The van der Waals surface area contributed by atoms with Gasteiger partial charge in [-0.15, -0.1) is 0 Å². The van der Waals surface area contributed by atoms with E-state index in [0.29, 0.717) is 45.1 Å². The van der Waals surface area contributed by atoms with Gasteiger partial charge in [-0.1, -0.05) is 13.8 Å². The first-order chi connectivity index (χ1) is 15.8. The van der Waals surface area contributed by atoms with Gasteiger partial charge in [0, 0.05) is 58.7 Å². The van der Waals surface area contributed by atoms with Gasteiger partial charge in [-0.2, -0.15) is 0 Å². The van der Waals surface area contributed by atoms with E-state index in [2.05, 4.69) is 23.8 Å². The largest absolute Gasteiger partial charge is 0.388 e. The lowest BCUT2D eigenvalue weighted by Gasteiger charge is -2.33. The molecule has 0 aliphatic carbocycles. The lowest BCUT2D eigenvalue weighted by atomic mass is 10.1. The third-order valence-electron chi connectivity index (χ3n) is 5.61. The summed E-state index contributed by atoms with van der Waals surface area (Å²) in [7, 11) is 0. The second-order valence-electron chi connectivity index (χ2n) is 8.78. The standard InChI is InChI=1S/C23H38N4O6/c1-17(2)6-13-33-21-15-27(18(3)28)11-10-26(23(31)19-14-24-7-8-25-19)9-4-5-12-32-16-20(29)22(21)30/h7-8,14,17,20-22,29-30H,4-6,9-13,15-16H2,1-3H3/t20-,21-,22-/m1/s1. The van der Waals surface area contributed by atoms with Gasteiger partial charge < -0.3 is 29.5 Å². The Labute approximate surface area is 195 Å². The molecule has 1 aromatic rings. The van der Waals surface area contributed by atoms with E-state index < -0.39 is 18.3 Å². The fourth-order valence-electron chi connectivity index (χ4n) is 3.49. The first-order valence-electron chi connectivity index (χ1n) is 11.7. The van der Waals surface area contributed by atoms with Crippen LogP contribution in [0.15, 0.2) is 18.6 Å². The van der Waals surface area contributed by atoms with Crippen molar-refractivity contribution in [1.82, 2.24) is 19.8 Å². The summed E-state index contributed by atoms with van der Waals surface area (Å²) in [5, 5.41) is 21.1. The minimum absolute atomic E-state index is 0.0342. The van der Waals surface area contributed by atoms with E-state index in [9.17, 15) is 19.8 Å². The van der Waals surface area contributed by atoms with Crippen molar-refractivity contribution in [1.29, 1.82) is 0 Å². The molecule has 0 bridgehead atoms. The fourth-order valence-corrected chi connectivity index (χ4v) is 3.49. The van der Waals surface area contributed by atoms with Crippen LogP contribution in [0.5, 0.6) is 0 Å². The lowest BCUT2D eigenvalue weighted by molar-refractivity contribution is -0.140. The molecule has 33 heavy (non-hydrogen) atoms. The van der Waals surface area contributed by atoms with Gasteiger partial charge in [0.15, 0.2) is 0 Å². The van der Waals surface area contributed by atoms with E-state index in [0.717, 1.165) is 6.42 Å². The second-order valence-corrected chi connectivity index (χ2v) is 8.78. The van der Waals surface area contributed by atoms with E-state index >= 15 is 0 Å². The Morgan fingerprint density at radius 3 is 2.61 bits per heavy atom. The van der Waals surface area contributed by atoms with E-state index in [1.807, 2.05) is 0 Å². The first-order valence-corrected chi connectivity index (χ1v) is 11.7. The molecule has 0 aromatic carbocycles. The van der Waals surface area contributed by atoms with Gasteiger partial charge >= 0.3 is 0 Å². The Bertz CT molecular complexity index is 720. The molecule has 186 valence electrons. The van der Waals surface area contributed by atoms with Crippen LogP contribution in [0.2, 0.25) is 0 Å². The van der Waals surface area contributed by atoms with E-state index in [1.54, 1.807) is 9.80 Å². The monoisotopic (exact) mass is 466 g/mol. The molecule has 0 radical (unpaired) electrons. The topological polar surface area (TPSA) is 125 Å². The number of aliphatic hydroxyl groups is 2. The molecule has 0 unspecified atom stereocenters. The number of carbonyl (C=O) groups excluding carboxylic acids is 2. The van der Waals surface area contributed by atoms with Crippen LogP contribution < -0.4 is 0 Å². The summed E-state index contributed by atoms with van der Waals surface area (Å²) in [6.07, 6.45) is 3.44. The predicted octanol–water partition coefficient (Wildman–Crippen LogP) is 0.731. The number of rotatable bonds is 5. The van der Waals surface area contributed by atoms with Crippen molar-refractivity contribution in [3.63, 3.8) is 0 Å². The van der Waals surface area contributed by atoms with Crippen molar-refractivity contribution in [2.45, 2.75) is 58.3 Å². The molecule has 1 aromatic heterocycles. The maximum Gasteiger partial charge on any atom is 0.274 e. The smallest absolute Gasteiger partial charge is 0.274 e. The fraction of sp³-hybridized carbons (Fsp3) is 0.739. The molecule has 0 spiro atoms. The van der Waals surface area contributed by atoms with Gasteiger partial charge in [0.05, 0.1) is 12.8 Å². The van der Waals surface area contributed by atoms with Crippen LogP contribution in [0, 0.1) is 5.92 Å². The van der Waals surface area contributed by atoms with E-state index in [1.165, 1.54) is 25.5 Å². The zero-order valence-corrected chi connectivity index (χ0v) is 19.9. The molecule has 2 heterocycles. The van der Waals surface area contributed by atoms with Crippen molar-refractivity contribution in [2.75, 3.05) is 46.0 Å². The number of ether oxygens (including phenoxy) is 2. The van der Waals surface area contributed by atoms with Crippen molar-refractivity contribution in [3.05, 3.63) is 24.3 Å². The van der Waals surface area contributed by atoms with Crippen LogP contribution >= 0.6 is 0 Å². The number of carbonyl (C=O) groups is 2. The molecule has 1 aliphatic heterocycles. The van der Waals surface area contributed by atoms with Crippen LogP contribution in [0.4, 0.5) is 0 Å². The van der Waals surface area contributed by atoms with Crippen LogP contribution in [0.3, 0.4) is 0 Å². The maximum atomic E-state index is 13.0. The Hall–Kier alpha value is -2.14. The summed E-state index contributed by atoms with van der Waals surface area (Å²) in [6, 6.07) is 0. The van der Waals surface area contributed by atoms with Gasteiger partial charge in [-0.3, -0.25) is 14.6 Å². The molecular formula is C23H38N4O6. The Kier molecular flexibility index (Phi) is 11.7. The lowest BCUT2D eigenvalue weighted by Crippen LogP contribution is -2.50. The van der Waals surface area contributed by atoms with Crippen molar-refractivity contribution in [2.24, 2.45) is 5.92 Å². The molecule has 2 amide bonds. The molecule has 3 atom stereocenters. The average molecular weight is 467 g/mol. The molecule has 10 heteroatoms. The number of nitrogens with zero attached hydrogens (tertiary/aromatic N) is 4. The number of aromatic nitrogens is 2. The number of aliphatic hydroxyl groups excluding tert-OH is 2. The predicted molar refractivity (Wildman–Crippen MR) is 121 cm³/mol. The van der Waals surface area contributed by atoms with Crippen LogP contribution in [0.1, 0.15) is 50.5 Å². The Morgan fingerprint density at radius 1 is 1.18 bits per heavy atom. The molecule has 2 N–H and O–H groups in total. The van der Waals surface area contributed by atoms with Crippen molar-refractivity contribution < 1.29 is 29.3 Å². The summed E-state index contributed by atoms with van der Waals surface area (Å²) >= 11 is 0. The SMILES string of the molecule is CC(=O)N1CCN(C(=O)c2cnccn2)CCCCOC[C@@H](O)[C@@H](O)[C@H](OCCC(C)C)C1. The number of hydrogen-bond donors (Lipinski definition) is 2. The molecule has 1 fully saturated rings. The molecule has 1 saturated heterocycles. The zero-order chi connectivity index (χ0) is 24.2. The average Bonchev–Trinajstić information content (AvgIpc) is 2.79. The molecule has 1 aliphatic rings. The molecule has 10 nitrogen and oxygen atoms in total. The van der Waals surface area contributed by atoms with Gasteiger partial charge in [-0.25, -0.2) is 4.98 Å². The highest BCUT2D eigenvalue weighted by atomic mass is 16.5. The van der Waals surface area contributed by atoms with E-state index in [4.69, 9.17) is 9.47 Å².